The van der Waals surface area contributed by atoms with Gasteiger partial charge in [-0.15, -0.1) is 11.3 Å². The molecule has 1 N–H and O–H groups in total. The molecule has 4 rings (SSSR count). The molecule has 1 saturated heterocycles. The maximum Gasteiger partial charge on any atom is 0.139 e. The van der Waals surface area contributed by atoms with Crippen molar-refractivity contribution in [2.24, 2.45) is 0 Å². The topological polar surface area (TPSA) is 32.6 Å². The summed E-state index contributed by atoms with van der Waals surface area (Å²) >= 11 is 1.79. The normalized spacial score (nSPS) is 15.8. The lowest BCUT2D eigenvalue weighted by Gasteiger charge is -2.29. The molecule has 1 fully saturated rings. The van der Waals surface area contributed by atoms with Gasteiger partial charge in [-0.3, -0.25) is 0 Å². The number of rotatable bonds is 2. The van der Waals surface area contributed by atoms with Crippen molar-refractivity contribution in [3.05, 3.63) is 41.5 Å². The predicted octanol–water partition coefficient (Wildman–Crippen LogP) is 2.78. The highest BCUT2D eigenvalue weighted by Crippen LogP contribution is 2.28. The van der Waals surface area contributed by atoms with Crippen LogP contribution in [0.2, 0.25) is 0 Å². The van der Waals surface area contributed by atoms with Gasteiger partial charge in [-0.25, -0.2) is 4.98 Å². The van der Waals surface area contributed by atoms with E-state index in [1.54, 1.807) is 11.3 Å². The zero-order chi connectivity index (χ0) is 14.2. The van der Waals surface area contributed by atoms with Gasteiger partial charge < -0.3 is 14.6 Å². The summed E-state index contributed by atoms with van der Waals surface area (Å²) in [7, 11) is 0. The lowest BCUT2D eigenvalue weighted by atomic mass is 10.3. The fourth-order valence-corrected chi connectivity index (χ4v) is 3.60. The molecule has 5 heteroatoms. The molecule has 4 nitrogen and oxygen atoms in total. The number of nitrogens with zero attached hydrogens (tertiary/aromatic N) is 3. The third kappa shape index (κ3) is 2.43. The van der Waals surface area contributed by atoms with E-state index in [0.29, 0.717) is 0 Å². The molecule has 0 radical (unpaired) electrons. The number of anilines is 1. The molecule has 0 aliphatic carbocycles. The standard InChI is InChI=1S/C16H18N4S/c1-12-2-3-15(21-12)14-11-20-7-4-13(10-16(20)18-14)19-8-5-17-6-9-19/h2-4,7,10-11,17H,5-6,8-9H2,1H3. The molecule has 0 bridgehead atoms. The molecule has 21 heavy (non-hydrogen) atoms. The Morgan fingerprint density at radius 2 is 2.05 bits per heavy atom. The van der Waals surface area contributed by atoms with Gasteiger partial charge >= 0.3 is 0 Å². The zero-order valence-corrected chi connectivity index (χ0v) is 12.9. The summed E-state index contributed by atoms with van der Waals surface area (Å²) in [6.07, 6.45) is 4.23. The van der Waals surface area contributed by atoms with E-state index in [4.69, 9.17) is 4.98 Å². The van der Waals surface area contributed by atoms with E-state index in [0.717, 1.165) is 37.5 Å². The van der Waals surface area contributed by atoms with Gasteiger partial charge in [0, 0.05) is 55.2 Å². The Balaban J connectivity index is 1.71. The first-order chi connectivity index (χ1) is 10.3. The second-order valence-electron chi connectivity index (χ2n) is 5.42. The number of hydrogen-bond donors (Lipinski definition) is 1. The molecule has 3 aromatic heterocycles. The van der Waals surface area contributed by atoms with Gasteiger partial charge in [0.1, 0.15) is 5.65 Å². The van der Waals surface area contributed by atoms with E-state index in [2.05, 4.69) is 58.2 Å². The van der Waals surface area contributed by atoms with Gasteiger partial charge in [0.25, 0.3) is 0 Å². The summed E-state index contributed by atoms with van der Waals surface area (Å²) in [5.74, 6) is 0. The number of thiophene rings is 1. The Labute approximate surface area is 128 Å². The SMILES string of the molecule is Cc1ccc(-c2cn3ccc(N4CCNCC4)cc3n2)s1. The Kier molecular flexibility index (Phi) is 3.16. The highest BCUT2D eigenvalue weighted by Gasteiger charge is 2.12. The smallest absolute Gasteiger partial charge is 0.139 e. The minimum atomic E-state index is 1.02. The predicted molar refractivity (Wildman–Crippen MR) is 88.3 cm³/mol. The van der Waals surface area contributed by atoms with Gasteiger partial charge in [-0.1, -0.05) is 0 Å². The molecule has 1 aliphatic rings. The van der Waals surface area contributed by atoms with Crippen LogP contribution < -0.4 is 10.2 Å². The molecule has 0 spiro atoms. The Morgan fingerprint density at radius 1 is 1.19 bits per heavy atom. The van der Waals surface area contributed by atoms with E-state index in [1.165, 1.54) is 15.4 Å². The molecule has 0 aromatic carbocycles. The van der Waals surface area contributed by atoms with E-state index < -0.39 is 0 Å². The van der Waals surface area contributed by atoms with Crippen molar-refractivity contribution in [2.45, 2.75) is 6.92 Å². The fraction of sp³-hybridized carbons (Fsp3) is 0.312. The highest BCUT2D eigenvalue weighted by atomic mass is 32.1. The molecular weight excluding hydrogens is 280 g/mol. The van der Waals surface area contributed by atoms with E-state index in [1.807, 2.05) is 0 Å². The maximum absolute atomic E-state index is 4.78. The van der Waals surface area contributed by atoms with Crippen molar-refractivity contribution in [3.63, 3.8) is 0 Å². The zero-order valence-electron chi connectivity index (χ0n) is 12.0. The highest BCUT2D eigenvalue weighted by molar-refractivity contribution is 7.15. The number of imidazole rings is 1. The third-order valence-electron chi connectivity index (χ3n) is 3.92. The summed E-state index contributed by atoms with van der Waals surface area (Å²) in [5.41, 5.74) is 3.35. The summed E-state index contributed by atoms with van der Waals surface area (Å²) in [4.78, 5) is 9.76. The lowest BCUT2D eigenvalue weighted by Crippen LogP contribution is -2.43. The molecule has 0 amide bonds. The van der Waals surface area contributed by atoms with Crippen LogP contribution in [0.25, 0.3) is 16.2 Å². The van der Waals surface area contributed by atoms with Gasteiger partial charge in [0.15, 0.2) is 0 Å². The van der Waals surface area contributed by atoms with Crippen LogP contribution >= 0.6 is 11.3 Å². The molecule has 0 saturated carbocycles. The van der Waals surface area contributed by atoms with Crippen molar-refractivity contribution >= 4 is 22.7 Å². The number of fused-ring (bicyclic) bond motifs is 1. The molecule has 108 valence electrons. The van der Waals surface area contributed by atoms with Crippen LogP contribution in [0.5, 0.6) is 0 Å². The van der Waals surface area contributed by atoms with Crippen LogP contribution in [-0.4, -0.2) is 35.6 Å². The Bertz CT molecular complexity index is 768. The number of aromatic nitrogens is 2. The van der Waals surface area contributed by atoms with E-state index in [-0.39, 0.29) is 0 Å². The van der Waals surface area contributed by atoms with E-state index in [9.17, 15) is 0 Å². The van der Waals surface area contributed by atoms with Crippen LogP contribution in [0.3, 0.4) is 0 Å². The number of hydrogen-bond acceptors (Lipinski definition) is 4. The van der Waals surface area contributed by atoms with Gasteiger partial charge in [-0.2, -0.15) is 0 Å². The monoisotopic (exact) mass is 298 g/mol. The van der Waals surface area contributed by atoms with Gasteiger partial charge in [0.05, 0.1) is 10.6 Å². The first-order valence-corrected chi connectivity index (χ1v) is 8.12. The first-order valence-electron chi connectivity index (χ1n) is 7.31. The Morgan fingerprint density at radius 3 is 2.81 bits per heavy atom. The third-order valence-corrected chi connectivity index (χ3v) is 4.94. The molecule has 1 aliphatic heterocycles. The Hall–Kier alpha value is -1.85. The summed E-state index contributed by atoms with van der Waals surface area (Å²) in [5, 5.41) is 3.39. The lowest BCUT2D eigenvalue weighted by molar-refractivity contribution is 0.589. The molecule has 4 heterocycles. The van der Waals surface area contributed by atoms with Crippen LogP contribution in [-0.2, 0) is 0 Å². The second-order valence-corrected chi connectivity index (χ2v) is 6.71. The van der Waals surface area contributed by atoms with Crippen molar-refractivity contribution in [2.75, 3.05) is 31.1 Å². The van der Waals surface area contributed by atoms with Crippen molar-refractivity contribution in [1.82, 2.24) is 14.7 Å². The second kappa shape index (κ2) is 5.16. The molecule has 0 atom stereocenters. The van der Waals surface area contributed by atoms with Crippen LogP contribution in [0.15, 0.2) is 36.7 Å². The number of aryl methyl sites for hydroxylation is 1. The van der Waals surface area contributed by atoms with Gasteiger partial charge in [0.2, 0.25) is 0 Å². The quantitative estimate of drug-likeness (QED) is 0.789. The van der Waals surface area contributed by atoms with Crippen molar-refractivity contribution in [3.8, 4) is 10.6 Å². The maximum atomic E-state index is 4.78. The van der Waals surface area contributed by atoms with Crippen LogP contribution in [0.1, 0.15) is 4.88 Å². The minimum Gasteiger partial charge on any atom is -0.369 e. The summed E-state index contributed by atoms with van der Waals surface area (Å²) < 4.78 is 2.11. The van der Waals surface area contributed by atoms with Crippen molar-refractivity contribution < 1.29 is 0 Å². The average molecular weight is 298 g/mol. The summed E-state index contributed by atoms with van der Waals surface area (Å²) in [6, 6.07) is 8.67. The molecule has 0 unspecified atom stereocenters. The fourth-order valence-electron chi connectivity index (χ4n) is 2.78. The minimum absolute atomic E-state index is 1.02. The van der Waals surface area contributed by atoms with Crippen LogP contribution in [0.4, 0.5) is 5.69 Å². The van der Waals surface area contributed by atoms with E-state index >= 15 is 0 Å². The number of pyridine rings is 1. The van der Waals surface area contributed by atoms with Gasteiger partial charge in [-0.05, 0) is 25.1 Å². The summed E-state index contributed by atoms with van der Waals surface area (Å²) in [6.45, 7) is 6.37. The van der Waals surface area contributed by atoms with Crippen LogP contribution in [0, 0.1) is 6.92 Å². The molecular formula is C16H18N4S. The largest absolute Gasteiger partial charge is 0.369 e. The first kappa shape index (κ1) is 12.9. The number of piperazine rings is 1. The average Bonchev–Trinajstić information content (AvgIpc) is 3.13. The van der Waals surface area contributed by atoms with Crippen molar-refractivity contribution in [1.29, 1.82) is 0 Å². The molecule has 3 aromatic rings. The number of nitrogens with one attached hydrogen (secondary N) is 1.